The number of halogens is 2. The van der Waals surface area contributed by atoms with Crippen LogP contribution in [0.5, 0.6) is 11.5 Å². The Hall–Kier alpha value is -2.42. The summed E-state index contributed by atoms with van der Waals surface area (Å²) < 4.78 is 12.5. The summed E-state index contributed by atoms with van der Waals surface area (Å²) in [4.78, 5) is 12.2. The summed E-state index contributed by atoms with van der Waals surface area (Å²) in [5.74, 6) is 1.97. The molecule has 0 spiro atoms. The smallest absolute Gasteiger partial charge is 0.234 e. The lowest BCUT2D eigenvalue weighted by Crippen LogP contribution is -2.14. The van der Waals surface area contributed by atoms with Gasteiger partial charge in [-0.2, -0.15) is 0 Å². The Balaban J connectivity index is 1.43. The number of thioether (sulfide) groups is 1. The number of benzene rings is 2. The first-order valence-electron chi connectivity index (χ1n) is 8.18. The van der Waals surface area contributed by atoms with Crippen molar-refractivity contribution in [3.05, 3.63) is 46.4 Å². The maximum Gasteiger partial charge on any atom is 0.234 e. The zero-order valence-corrected chi connectivity index (χ0v) is 16.9. The van der Waals surface area contributed by atoms with Crippen molar-refractivity contribution in [2.24, 2.45) is 7.05 Å². The summed E-state index contributed by atoms with van der Waals surface area (Å²) in [7, 11) is 1.84. The van der Waals surface area contributed by atoms with Crippen molar-refractivity contribution in [2.45, 2.75) is 5.16 Å². The monoisotopic (exact) mass is 436 g/mol. The summed E-state index contributed by atoms with van der Waals surface area (Å²) in [6.07, 6.45) is 0. The van der Waals surface area contributed by atoms with E-state index in [0.717, 1.165) is 5.56 Å². The van der Waals surface area contributed by atoms with Crippen LogP contribution in [0.1, 0.15) is 0 Å². The third-order valence-electron chi connectivity index (χ3n) is 4.00. The zero-order valence-electron chi connectivity index (χ0n) is 14.6. The largest absolute Gasteiger partial charge is 0.454 e. The molecule has 144 valence electrons. The van der Waals surface area contributed by atoms with Crippen molar-refractivity contribution in [3.63, 3.8) is 0 Å². The predicted octanol–water partition coefficient (Wildman–Crippen LogP) is 4.25. The quantitative estimate of drug-likeness (QED) is 0.602. The Morgan fingerprint density at radius 3 is 2.86 bits per heavy atom. The minimum atomic E-state index is -0.221. The fraction of sp³-hybridized carbons (Fsp3) is 0.167. The van der Waals surface area contributed by atoms with Gasteiger partial charge in [0.2, 0.25) is 12.7 Å². The van der Waals surface area contributed by atoms with Crippen LogP contribution in [-0.4, -0.2) is 33.2 Å². The van der Waals surface area contributed by atoms with Crippen molar-refractivity contribution >= 4 is 46.6 Å². The maximum atomic E-state index is 12.2. The highest BCUT2D eigenvalue weighted by molar-refractivity contribution is 7.99. The first-order chi connectivity index (χ1) is 13.5. The highest BCUT2D eigenvalue weighted by Gasteiger charge is 2.18. The van der Waals surface area contributed by atoms with E-state index in [1.165, 1.54) is 11.8 Å². The molecule has 0 atom stereocenters. The molecule has 0 fully saturated rings. The molecule has 0 bridgehead atoms. The number of ether oxygens (including phenoxy) is 2. The summed E-state index contributed by atoms with van der Waals surface area (Å²) in [6, 6.07) is 10.5. The van der Waals surface area contributed by atoms with Gasteiger partial charge in [-0.15, -0.1) is 10.2 Å². The fourth-order valence-electron chi connectivity index (χ4n) is 2.64. The number of nitrogens with one attached hydrogen (secondary N) is 1. The van der Waals surface area contributed by atoms with E-state index >= 15 is 0 Å². The normalized spacial score (nSPS) is 12.2. The first kappa shape index (κ1) is 18.9. The Bertz CT molecular complexity index is 1060. The molecule has 0 saturated heterocycles. The molecular formula is C18H14Cl2N4O3S. The molecule has 4 rings (SSSR count). The lowest BCUT2D eigenvalue weighted by atomic mass is 10.2. The molecule has 1 amide bonds. The number of fused-ring (bicyclic) bond motifs is 1. The molecule has 3 aromatic rings. The van der Waals surface area contributed by atoms with Gasteiger partial charge in [0.15, 0.2) is 22.5 Å². The third-order valence-corrected chi connectivity index (χ3v) is 5.59. The summed E-state index contributed by atoms with van der Waals surface area (Å²) >= 11 is 13.3. The van der Waals surface area contributed by atoms with Crippen molar-refractivity contribution < 1.29 is 14.3 Å². The topological polar surface area (TPSA) is 78.3 Å². The highest BCUT2D eigenvalue weighted by atomic mass is 35.5. The van der Waals surface area contributed by atoms with E-state index in [-0.39, 0.29) is 18.5 Å². The van der Waals surface area contributed by atoms with E-state index in [0.29, 0.717) is 38.2 Å². The molecule has 2 heterocycles. The van der Waals surface area contributed by atoms with E-state index in [2.05, 4.69) is 15.5 Å². The van der Waals surface area contributed by atoms with Gasteiger partial charge in [-0.05, 0) is 36.4 Å². The second-order valence-corrected chi connectivity index (χ2v) is 7.68. The molecule has 10 heteroatoms. The standard InChI is InChI=1S/C18H14Cl2N4O3S/c1-24-17(10-2-5-14-15(6-10)27-9-26-14)22-23-18(24)28-8-16(25)21-13-7-11(19)3-4-12(13)20/h2-7H,8-9H2,1H3,(H,21,25). The van der Waals surface area contributed by atoms with Gasteiger partial charge in [-0.3, -0.25) is 4.79 Å². The van der Waals surface area contributed by atoms with Gasteiger partial charge < -0.3 is 19.4 Å². The lowest BCUT2D eigenvalue weighted by Gasteiger charge is -2.08. The van der Waals surface area contributed by atoms with Crippen LogP contribution < -0.4 is 14.8 Å². The summed E-state index contributed by atoms with van der Waals surface area (Å²) in [5, 5.41) is 12.7. The van der Waals surface area contributed by atoms with E-state index < -0.39 is 0 Å². The van der Waals surface area contributed by atoms with Gasteiger partial charge in [-0.1, -0.05) is 35.0 Å². The number of anilines is 1. The minimum absolute atomic E-state index is 0.149. The van der Waals surface area contributed by atoms with Gasteiger partial charge in [0.25, 0.3) is 0 Å². The molecule has 0 aliphatic carbocycles. The molecular weight excluding hydrogens is 423 g/mol. The van der Waals surface area contributed by atoms with Crippen LogP contribution in [0.4, 0.5) is 5.69 Å². The number of carbonyl (C=O) groups excluding carboxylic acids is 1. The molecule has 28 heavy (non-hydrogen) atoms. The van der Waals surface area contributed by atoms with E-state index in [4.69, 9.17) is 32.7 Å². The zero-order chi connectivity index (χ0) is 19.7. The van der Waals surface area contributed by atoms with Crippen LogP contribution in [0.2, 0.25) is 10.0 Å². The number of rotatable bonds is 5. The van der Waals surface area contributed by atoms with Gasteiger partial charge in [0.1, 0.15) is 0 Å². The van der Waals surface area contributed by atoms with Crippen molar-refractivity contribution in [1.82, 2.24) is 14.8 Å². The number of carbonyl (C=O) groups is 1. The second kappa shape index (κ2) is 7.90. The van der Waals surface area contributed by atoms with Crippen molar-refractivity contribution in [2.75, 3.05) is 17.9 Å². The Morgan fingerprint density at radius 1 is 1.18 bits per heavy atom. The molecule has 0 radical (unpaired) electrons. The predicted molar refractivity (Wildman–Crippen MR) is 108 cm³/mol. The number of nitrogens with zero attached hydrogens (tertiary/aromatic N) is 3. The number of aromatic nitrogens is 3. The van der Waals surface area contributed by atoms with Crippen molar-refractivity contribution in [1.29, 1.82) is 0 Å². The Kier molecular flexibility index (Phi) is 5.34. The van der Waals surface area contributed by atoms with E-state index in [1.807, 2.05) is 29.8 Å². The van der Waals surface area contributed by atoms with Gasteiger partial charge in [-0.25, -0.2) is 0 Å². The third kappa shape index (κ3) is 3.89. The Morgan fingerprint density at radius 2 is 2.00 bits per heavy atom. The van der Waals surface area contributed by atoms with Crippen LogP contribution in [-0.2, 0) is 11.8 Å². The SMILES string of the molecule is Cn1c(SCC(=O)Nc2cc(Cl)ccc2Cl)nnc1-c1ccc2c(c1)OCO2. The number of hydrogen-bond donors (Lipinski definition) is 1. The molecule has 0 unspecified atom stereocenters. The maximum absolute atomic E-state index is 12.2. The molecule has 1 aliphatic heterocycles. The number of hydrogen-bond acceptors (Lipinski definition) is 6. The van der Waals surface area contributed by atoms with Crippen LogP contribution in [0.3, 0.4) is 0 Å². The molecule has 1 aromatic heterocycles. The Labute approximate surface area is 174 Å². The van der Waals surface area contributed by atoms with Gasteiger partial charge >= 0.3 is 0 Å². The van der Waals surface area contributed by atoms with E-state index in [9.17, 15) is 4.79 Å². The molecule has 7 nitrogen and oxygen atoms in total. The van der Waals surface area contributed by atoms with Gasteiger partial charge in [0, 0.05) is 17.6 Å². The summed E-state index contributed by atoms with van der Waals surface area (Å²) in [5.41, 5.74) is 1.32. The average molecular weight is 437 g/mol. The minimum Gasteiger partial charge on any atom is -0.454 e. The highest BCUT2D eigenvalue weighted by Crippen LogP contribution is 2.36. The lowest BCUT2D eigenvalue weighted by molar-refractivity contribution is -0.113. The molecule has 2 aromatic carbocycles. The average Bonchev–Trinajstić information content (AvgIpc) is 3.29. The first-order valence-corrected chi connectivity index (χ1v) is 9.92. The van der Waals surface area contributed by atoms with Gasteiger partial charge in [0.05, 0.1) is 16.5 Å². The van der Waals surface area contributed by atoms with Crippen LogP contribution >= 0.6 is 35.0 Å². The van der Waals surface area contributed by atoms with Crippen molar-refractivity contribution in [3.8, 4) is 22.9 Å². The van der Waals surface area contributed by atoms with Crippen LogP contribution in [0, 0.1) is 0 Å². The van der Waals surface area contributed by atoms with E-state index in [1.54, 1.807) is 18.2 Å². The number of amides is 1. The summed E-state index contributed by atoms with van der Waals surface area (Å²) in [6.45, 7) is 0.213. The fourth-order valence-corrected chi connectivity index (χ4v) is 3.69. The molecule has 1 N–H and O–H groups in total. The molecule has 1 aliphatic rings. The van der Waals surface area contributed by atoms with Crippen LogP contribution in [0.25, 0.3) is 11.4 Å². The molecule has 0 saturated carbocycles. The van der Waals surface area contributed by atoms with Crippen LogP contribution in [0.15, 0.2) is 41.6 Å². The second-order valence-electron chi connectivity index (χ2n) is 5.89.